The third-order valence-electron chi connectivity index (χ3n) is 10.4. The predicted molar refractivity (Wildman–Crippen MR) is 179 cm³/mol. The SMILES string of the molecule is C=CCNC(=O)C(=O)C(CCC)NC(=O)C1[C@@H]2C(CN1C(=O)[C@@H](NC(=O)N[C@H](COC)C(C)(C)C)C1Cc3ccccc3C1)C2(C)C. The first kappa shape index (κ1) is 36.1. The lowest BCUT2D eigenvalue weighted by Gasteiger charge is -2.36. The van der Waals surface area contributed by atoms with Crippen LogP contribution >= 0.6 is 0 Å². The van der Waals surface area contributed by atoms with Gasteiger partial charge in [-0.25, -0.2) is 4.79 Å². The van der Waals surface area contributed by atoms with Gasteiger partial charge in [-0.2, -0.15) is 0 Å². The number of Topliss-reactive ketones (excluding diaryl/α,β-unsaturated/α-hetero) is 1. The number of ketones is 1. The van der Waals surface area contributed by atoms with Gasteiger partial charge in [-0.05, 0) is 59.0 Å². The first-order valence-electron chi connectivity index (χ1n) is 16.8. The second-order valence-corrected chi connectivity index (χ2v) is 15.0. The van der Waals surface area contributed by atoms with Crippen molar-refractivity contribution in [1.82, 2.24) is 26.2 Å². The minimum absolute atomic E-state index is 0.0978. The number of rotatable bonds is 14. The van der Waals surface area contributed by atoms with Crippen LogP contribution in [-0.4, -0.2) is 85.4 Å². The molecule has 11 nitrogen and oxygen atoms in total. The summed E-state index contributed by atoms with van der Waals surface area (Å²) in [7, 11) is 1.58. The molecule has 0 bridgehead atoms. The second kappa shape index (κ2) is 14.6. The van der Waals surface area contributed by atoms with Crippen molar-refractivity contribution in [2.75, 3.05) is 26.8 Å². The fraction of sp³-hybridized carbons (Fsp3) is 0.639. The van der Waals surface area contributed by atoms with Gasteiger partial charge in [0.15, 0.2) is 0 Å². The van der Waals surface area contributed by atoms with E-state index in [2.05, 4.69) is 41.7 Å². The van der Waals surface area contributed by atoms with Crippen molar-refractivity contribution in [3.8, 4) is 0 Å². The Morgan fingerprint density at radius 1 is 1.06 bits per heavy atom. The molecule has 3 unspecified atom stereocenters. The second-order valence-electron chi connectivity index (χ2n) is 15.0. The molecular weight excluding hydrogens is 598 g/mol. The molecule has 0 spiro atoms. The third-order valence-corrected chi connectivity index (χ3v) is 10.4. The summed E-state index contributed by atoms with van der Waals surface area (Å²) in [5, 5.41) is 11.4. The van der Waals surface area contributed by atoms with Gasteiger partial charge in [0.05, 0.1) is 18.7 Å². The van der Waals surface area contributed by atoms with Crippen LogP contribution in [0, 0.1) is 28.6 Å². The minimum Gasteiger partial charge on any atom is -0.383 e. The summed E-state index contributed by atoms with van der Waals surface area (Å²) in [5.74, 6) is -2.51. The first-order valence-corrected chi connectivity index (χ1v) is 16.8. The molecule has 1 aromatic carbocycles. The normalized spacial score (nSPS) is 23.0. The molecule has 2 fully saturated rings. The van der Waals surface area contributed by atoms with Gasteiger partial charge < -0.3 is 30.9 Å². The number of nitrogens with zero attached hydrogens (tertiary/aromatic N) is 1. The molecule has 6 atom stereocenters. The average Bonchev–Trinajstić information content (AvgIpc) is 3.37. The fourth-order valence-electron chi connectivity index (χ4n) is 7.44. The number of amides is 5. The molecule has 5 amide bonds. The number of carbonyl (C=O) groups excluding carboxylic acids is 5. The van der Waals surface area contributed by atoms with Crippen LogP contribution in [0.3, 0.4) is 0 Å². The van der Waals surface area contributed by atoms with Crippen molar-refractivity contribution in [2.45, 2.75) is 91.4 Å². The largest absolute Gasteiger partial charge is 0.383 e. The molecule has 2 aliphatic carbocycles. The van der Waals surface area contributed by atoms with E-state index in [-0.39, 0.29) is 53.5 Å². The van der Waals surface area contributed by atoms with Crippen LogP contribution in [0.1, 0.15) is 65.5 Å². The fourth-order valence-corrected chi connectivity index (χ4v) is 7.44. The Morgan fingerprint density at radius 3 is 2.26 bits per heavy atom. The van der Waals surface area contributed by atoms with Gasteiger partial charge in [0.25, 0.3) is 5.91 Å². The highest BCUT2D eigenvalue weighted by molar-refractivity contribution is 6.38. The van der Waals surface area contributed by atoms with Crippen molar-refractivity contribution in [3.05, 3.63) is 48.0 Å². The van der Waals surface area contributed by atoms with Gasteiger partial charge in [-0.1, -0.05) is 78.3 Å². The number of methoxy groups -OCH3 is 1. The maximum absolute atomic E-state index is 14.6. The van der Waals surface area contributed by atoms with E-state index in [1.165, 1.54) is 6.08 Å². The van der Waals surface area contributed by atoms with Gasteiger partial charge >= 0.3 is 6.03 Å². The monoisotopic (exact) mass is 651 g/mol. The van der Waals surface area contributed by atoms with Gasteiger partial charge in [-0.3, -0.25) is 19.2 Å². The molecule has 0 aromatic heterocycles. The van der Waals surface area contributed by atoms with E-state index in [1.54, 1.807) is 12.0 Å². The Labute approximate surface area is 279 Å². The standard InChI is InChI=1S/C36H53N5O6/c1-9-13-25(30(42)32(44)37-16-10-2)38-31(43)29-27-24(36(27,6)7)19-41(29)33(45)28(23-17-21-14-11-12-15-22(21)18-23)40-34(46)39-26(20-47-8)35(3,4)5/h10-12,14-15,23-29H,2,9,13,16-20H2,1,3-8H3,(H,37,44)(H,38,43)(H2,39,40,46)/t24?,25?,26-,27+,28+,29?/m1/s1. The van der Waals surface area contributed by atoms with Crippen LogP contribution in [0.5, 0.6) is 0 Å². The Balaban J connectivity index is 1.60. The summed E-state index contributed by atoms with van der Waals surface area (Å²) >= 11 is 0. The number of piperidine rings is 1. The number of benzene rings is 1. The summed E-state index contributed by atoms with van der Waals surface area (Å²) in [4.78, 5) is 69.4. The minimum atomic E-state index is -1.02. The maximum atomic E-state index is 14.6. The zero-order chi connectivity index (χ0) is 34.7. The topological polar surface area (TPSA) is 146 Å². The summed E-state index contributed by atoms with van der Waals surface area (Å²) in [6.07, 6.45) is 3.56. The molecule has 3 aliphatic rings. The lowest BCUT2D eigenvalue weighted by Crippen LogP contribution is -2.61. The van der Waals surface area contributed by atoms with Crippen LogP contribution in [-0.2, 0) is 36.8 Å². The highest BCUT2D eigenvalue weighted by atomic mass is 16.5. The number of fused-ring (bicyclic) bond motifs is 2. The number of hydrogen-bond donors (Lipinski definition) is 4. The molecule has 1 saturated heterocycles. The first-order chi connectivity index (χ1) is 22.1. The lowest BCUT2D eigenvalue weighted by atomic mass is 9.87. The number of hydrogen-bond acceptors (Lipinski definition) is 6. The number of carbonyl (C=O) groups is 5. The van der Waals surface area contributed by atoms with Crippen LogP contribution in [0.2, 0.25) is 0 Å². The van der Waals surface area contributed by atoms with Crippen LogP contribution in [0.25, 0.3) is 0 Å². The van der Waals surface area contributed by atoms with E-state index in [9.17, 15) is 24.0 Å². The molecular formula is C36H53N5O6. The average molecular weight is 652 g/mol. The van der Waals surface area contributed by atoms with Crippen LogP contribution in [0.15, 0.2) is 36.9 Å². The number of likely N-dealkylation sites (tertiary alicyclic amines) is 1. The van der Waals surface area contributed by atoms with E-state index in [0.717, 1.165) is 11.1 Å². The van der Waals surface area contributed by atoms with Crippen LogP contribution in [0.4, 0.5) is 4.79 Å². The Bertz CT molecular complexity index is 1340. The molecule has 4 N–H and O–H groups in total. The van der Waals surface area contributed by atoms with Crippen molar-refractivity contribution in [3.63, 3.8) is 0 Å². The highest BCUT2D eigenvalue weighted by Crippen LogP contribution is 2.65. The molecule has 1 aliphatic heterocycles. The number of ether oxygens (including phenoxy) is 1. The Hall–Kier alpha value is -3.73. The Kier molecular flexibility index (Phi) is 11.2. The van der Waals surface area contributed by atoms with E-state index in [0.29, 0.717) is 32.4 Å². The van der Waals surface area contributed by atoms with Crippen molar-refractivity contribution < 1.29 is 28.7 Å². The number of nitrogens with one attached hydrogen (secondary N) is 4. The van der Waals surface area contributed by atoms with Gasteiger partial charge in [0.1, 0.15) is 12.1 Å². The molecule has 1 saturated carbocycles. The van der Waals surface area contributed by atoms with Gasteiger partial charge in [0, 0.05) is 20.2 Å². The van der Waals surface area contributed by atoms with E-state index in [1.807, 2.05) is 52.0 Å². The predicted octanol–water partition coefficient (Wildman–Crippen LogP) is 2.77. The number of urea groups is 1. The zero-order valence-corrected chi connectivity index (χ0v) is 29.0. The molecule has 11 heteroatoms. The summed E-state index contributed by atoms with van der Waals surface area (Å²) in [6.45, 7) is 16.4. The summed E-state index contributed by atoms with van der Waals surface area (Å²) in [5.41, 5.74) is 1.81. The van der Waals surface area contributed by atoms with Gasteiger partial charge in [0.2, 0.25) is 17.6 Å². The van der Waals surface area contributed by atoms with Gasteiger partial charge in [-0.15, -0.1) is 6.58 Å². The van der Waals surface area contributed by atoms with Crippen molar-refractivity contribution in [2.24, 2.45) is 28.6 Å². The molecule has 1 heterocycles. The molecule has 258 valence electrons. The van der Waals surface area contributed by atoms with Crippen molar-refractivity contribution >= 4 is 29.5 Å². The molecule has 1 aromatic rings. The van der Waals surface area contributed by atoms with E-state index >= 15 is 0 Å². The summed E-state index contributed by atoms with van der Waals surface area (Å²) < 4.78 is 5.37. The molecule has 47 heavy (non-hydrogen) atoms. The Morgan fingerprint density at radius 2 is 1.70 bits per heavy atom. The van der Waals surface area contributed by atoms with E-state index < -0.39 is 41.8 Å². The summed E-state index contributed by atoms with van der Waals surface area (Å²) in [6, 6.07) is 4.51. The molecule has 4 rings (SSSR count). The quantitative estimate of drug-likeness (QED) is 0.180. The molecule has 0 radical (unpaired) electrons. The van der Waals surface area contributed by atoms with E-state index in [4.69, 9.17) is 4.74 Å². The van der Waals surface area contributed by atoms with Crippen LogP contribution < -0.4 is 21.3 Å². The maximum Gasteiger partial charge on any atom is 0.315 e. The smallest absolute Gasteiger partial charge is 0.315 e. The third kappa shape index (κ3) is 7.88. The zero-order valence-electron chi connectivity index (χ0n) is 29.0. The van der Waals surface area contributed by atoms with Crippen molar-refractivity contribution in [1.29, 1.82) is 0 Å². The highest BCUT2D eigenvalue weighted by Gasteiger charge is 2.69. The lowest BCUT2D eigenvalue weighted by molar-refractivity contribution is -0.144.